The zero-order valence-corrected chi connectivity index (χ0v) is 11.4. The molecule has 0 bridgehead atoms. The van der Waals surface area contributed by atoms with Gasteiger partial charge in [-0.15, -0.1) is 0 Å². The van der Waals surface area contributed by atoms with Crippen LogP contribution in [0.1, 0.15) is 46.5 Å². The molecule has 0 aromatic rings. The van der Waals surface area contributed by atoms with Gasteiger partial charge in [0.2, 0.25) is 0 Å². The van der Waals surface area contributed by atoms with Crippen molar-refractivity contribution < 1.29 is 19.4 Å². The summed E-state index contributed by atoms with van der Waals surface area (Å²) in [4.78, 5) is 22.2. The van der Waals surface area contributed by atoms with Crippen molar-refractivity contribution in [3.8, 4) is 0 Å². The summed E-state index contributed by atoms with van der Waals surface area (Å²) in [5.74, 6) is -0.538. The average Bonchev–Trinajstić information content (AvgIpc) is 2.24. The molecular weight excluding hydrogens is 234 g/mol. The van der Waals surface area contributed by atoms with Crippen LogP contribution in [0.25, 0.3) is 0 Å². The van der Waals surface area contributed by atoms with E-state index in [4.69, 9.17) is 9.84 Å². The third kappa shape index (κ3) is 5.38. The Kier molecular flexibility index (Phi) is 4.99. The maximum atomic E-state index is 11.4. The SMILES string of the molecule is CC(C)(C)OC(=O)NC[C@H]1CC[C@@H](C(=O)O)CC1. The predicted octanol–water partition coefficient (Wildman–Crippen LogP) is 2.40. The van der Waals surface area contributed by atoms with Crippen LogP contribution in [0.3, 0.4) is 0 Å². The number of ether oxygens (including phenoxy) is 1. The molecule has 0 aromatic carbocycles. The molecule has 1 amide bonds. The monoisotopic (exact) mass is 257 g/mol. The van der Waals surface area contributed by atoms with Crippen LogP contribution in [-0.4, -0.2) is 29.3 Å². The number of nitrogens with one attached hydrogen (secondary N) is 1. The van der Waals surface area contributed by atoms with Crippen molar-refractivity contribution in [1.29, 1.82) is 0 Å². The summed E-state index contributed by atoms with van der Waals surface area (Å²) in [5.41, 5.74) is -0.481. The van der Waals surface area contributed by atoms with Gasteiger partial charge in [-0.2, -0.15) is 0 Å². The normalized spacial score (nSPS) is 24.4. The van der Waals surface area contributed by atoms with E-state index in [1.807, 2.05) is 20.8 Å². The highest BCUT2D eigenvalue weighted by Crippen LogP contribution is 2.28. The van der Waals surface area contributed by atoms with E-state index in [-0.39, 0.29) is 5.92 Å². The first kappa shape index (κ1) is 14.8. The molecule has 0 spiro atoms. The van der Waals surface area contributed by atoms with Crippen LogP contribution in [0, 0.1) is 11.8 Å². The van der Waals surface area contributed by atoms with Crippen LogP contribution in [0.4, 0.5) is 4.79 Å². The first-order chi connectivity index (χ1) is 8.28. The summed E-state index contributed by atoms with van der Waals surface area (Å²) < 4.78 is 5.14. The lowest BCUT2D eigenvalue weighted by atomic mass is 9.82. The Morgan fingerprint density at radius 3 is 2.22 bits per heavy atom. The van der Waals surface area contributed by atoms with Crippen LogP contribution in [-0.2, 0) is 9.53 Å². The van der Waals surface area contributed by atoms with E-state index >= 15 is 0 Å². The minimum atomic E-state index is -0.700. The molecule has 0 radical (unpaired) electrons. The molecule has 0 aromatic heterocycles. The Morgan fingerprint density at radius 1 is 1.22 bits per heavy atom. The quantitative estimate of drug-likeness (QED) is 0.814. The molecular formula is C13H23NO4. The van der Waals surface area contributed by atoms with E-state index in [2.05, 4.69) is 5.32 Å². The van der Waals surface area contributed by atoms with Crippen LogP contribution >= 0.6 is 0 Å². The third-order valence-corrected chi connectivity index (χ3v) is 3.13. The molecule has 5 heteroatoms. The smallest absolute Gasteiger partial charge is 0.407 e. The number of amides is 1. The van der Waals surface area contributed by atoms with Gasteiger partial charge in [0.05, 0.1) is 5.92 Å². The molecule has 1 aliphatic rings. The zero-order valence-electron chi connectivity index (χ0n) is 11.4. The van der Waals surface area contributed by atoms with Gasteiger partial charge < -0.3 is 15.2 Å². The second kappa shape index (κ2) is 6.07. The summed E-state index contributed by atoms with van der Waals surface area (Å²) in [6, 6.07) is 0. The van der Waals surface area contributed by atoms with Crippen molar-refractivity contribution in [3.63, 3.8) is 0 Å². The fourth-order valence-corrected chi connectivity index (χ4v) is 2.16. The molecule has 1 aliphatic carbocycles. The molecule has 18 heavy (non-hydrogen) atoms. The van der Waals surface area contributed by atoms with Crippen LogP contribution in [0.15, 0.2) is 0 Å². The standard InChI is InChI=1S/C13H23NO4/c1-13(2,3)18-12(17)14-8-9-4-6-10(7-5-9)11(15)16/h9-10H,4-8H2,1-3H3,(H,14,17)(H,15,16)/t9-,10+. The molecule has 1 fully saturated rings. The minimum absolute atomic E-state index is 0.206. The number of carboxylic acid groups (broad SMARTS) is 1. The van der Waals surface area contributed by atoms with Crippen molar-refractivity contribution in [3.05, 3.63) is 0 Å². The van der Waals surface area contributed by atoms with Crippen molar-refractivity contribution in [1.82, 2.24) is 5.32 Å². The average molecular weight is 257 g/mol. The minimum Gasteiger partial charge on any atom is -0.481 e. The van der Waals surface area contributed by atoms with Gasteiger partial charge in [0.15, 0.2) is 0 Å². The summed E-state index contributed by atoms with van der Waals surface area (Å²) in [6.07, 6.45) is 2.72. The van der Waals surface area contributed by atoms with Crippen molar-refractivity contribution in [2.75, 3.05) is 6.54 Å². The Balaban J connectivity index is 2.22. The molecule has 2 N–H and O–H groups in total. The molecule has 1 saturated carbocycles. The van der Waals surface area contributed by atoms with E-state index in [1.54, 1.807) is 0 Å². The van der Waals surface area contributed by atoms with E-state index in [9.17, 15) is 9.59 Å². The number of carboxylic acids is 1. The van der Waals surface area contributed by atoms with Crippen molar-refractivity contribution in [2.24, 2.45) is 11.8 Å². The Hall–Kier alpha value is -1.26. The number of carbonyl (C=O) groups excluding carboxylic acids is 1. The number of hydrogen-bond donors (Lipinski definition) is 2. The van der Waals surface area contributed by atoms with Crippen molar-refractivity contribution in [2.45, 2.75) is 52.1 Å². The Morgan fingerprint density at radius 2 is 1.78 bits per heavy atom. The number of alkyl carbamates (subject to hydrolysis) is 1. The summed E-state index contributed by atoms with van der Waals surface area (Å²) in [6.45, 7) is 6.04. The van der Waals surface area contributed by atoms with Crippen LogP contribution in [0.5, 0.6) is 0 Å². The van der Waals surface area contributed by atoms with Crippen LogP contribution in [0.2, 0.25) is 0 Å². The van der Waals surface area contributed by atoms with Gasteiger partial charge in [-0.3, -0.25) is 4.79 Å². The zero-order chi connectivity index (χ0) is 13.8. The predicted molar refractivity (Wildman–Crippen MR) is 67.3 cm³/mol. The molecule has 104 valence electrons. The maximum Gasteiger partial charge on any atom is 0.407 e. The maximum absolute atomic E-state index is 11.4. The van der Waals surface area contributed by atoms with Gasteiger partial charge in [-0.1, -0.05) is 0 Å². The first-order valence-corrected chi connectivity index (χ1v) is 6.47. The molecule has 1 rings (SSSR count). The van der Waals surface area contributed by atoms with Gasteiger partial charge in [-0.05, 0) is 52.4 Å². The Labute approximate surface area is 108 Å². The fraction of sp³-hybridized carbons (Fsp3) is 0.846. The van der Waals surface area contributed by atoms with Crippen molar-refractivity contribution >= 4 is 12.1 Å². The summed E-state index contributed by atoms with van der Waals surface area (Å²) in [7, 11) is 0. The second-order valence-corrected chi connectivity index (χ2v) is 5.94. The Bertz CT molecular complexity index is 301. The van der Waals surface area contributed by atoms with Gasteiger partial charge in [-0.25, -0.2) is 4.79 Å². The number of rotatable bonds is 3. The molecule has 0 unspecified atom stereocenters. The van der Waals surface area contributed by atoms with E-state index in [1.165, 1.54) is 0 Å². The fourth-order valence-electron chi connectivity index (χ4n) is 2.16. The highest BCUT2D eigenvalue weighted by atomic mass is 16.6. The van der Waals surface area contributed by atoms with Gasteiger partial charge in [0.25, 0.3) is 0 Å². The van der Waals surface area contributed by atoms with Gasteiger partial charge in [0.1, 0.15) is 5.60 Å². The largest absolute Gasteiger partial charge is 0.481 e. The number of hydrogen-bond acceptors (Lipinski definition) is 3. The van der Waals surface area contributed by atoms with E-state index in [0.717, 1.165) is 12.8 Å². The lowest BCUT2D eigenvalue weighted by molar-refractivity contribution is -0.143. The lowest BCUT2D eigenvalue weighted by Gasteiger charge is -2.27. The number of carbonyl (C=O) groups is 2. The highest BCUT2D eigenvalue weighted by Gasteiger charge is 2.26. The summed E-state index contributed by atoms with van der Waals surface area (Å²) in [5, 5.41) is 11.6. The lowest BCUT2D eigenvalue weighted by Crippen LogP contribution is -2.36. The van der Waals surface area contributed by atoms with E-state index < -0.39 is 17.7 Å². The topological polar surface area (TPSA) is 75.6 Å². The third-order valence-electron chi connectivity index (χ3n) is 3.13. The second-order valence-electron chi connectivity index (χ2n) is 5.94. The summed E-state index contributed by atoms with van der Waals surface area (Å²) >= 11 is 0. The van der Waals surface area contributed by atoms with Gasteiger partial charge >= 0.3 is 12.1 Å². The molecule has 0 atom stereocenters. The first-order valence-electron chi connectivity index (χ1n) is 6.47. The molecule has 5 nitrogen and oxygen atoms in total. The highest BCUT2D eigenvalue weighted by molar-refractivity contribution is 5.70. The number of aliphatic carboxylic acids is 1. The molecule has 0 heterocycles. The van der Waals surface area contributed by atoms with E-state index in [0.29, 0.717) is 25.3 Å². The van der Waals surface area contributed by atoms with Crippen LogP contribution < -0.4 is 5.32 Å². The molecule has 0 aliphatic heterocycles. The van der Waals surface area contributed by atoms with Gasteiger partial charge in [0, 0.05) is 6.54 Å². The molecule has 0 saturated heterocycles.